The van der Waals surface area contributed by atoms with Crippen LogP contribution in [-0.4, -0.2) is 29.1 Å². The SMILES string of the molecule is CCCC[C@@H](C)NC(=O)c1cn(-c2cccc(F)c2)cc1NC(=O)NCC. The van der Waals surface area contributed by atoms with Crippen LogP contribution in [0.2, 0.25) is 0 Å². The van der Waals surface area contributed by atoms with Gasteiger partial charge < -0.3 is 20.5 Å². The Morgan fingerprint density at radius 1 is 1.22 bits per heavy atom. The molecule has 0 fully saturated rings. The summed E-state index contributed by atoms with van der Waals surface area (Å²) < 4.78 is 15.2. The topological polar surface area (TPSA) is 75.2 Å². The predicted octanol–water partition coefficient (Wildman–Crippen LogP) is 4.07. The van der Waals surface area contributed by atoms with Crippen molar-refractivity contribution in [3.8, 4) is 5.69 Å². The average Bonchev–Trinajstić information content (AvgIpc) is 3.04. The molecule has 7 heteroatoms. The molecule has 0 unspecified atom stereocenters. The monoisotopic (exact) mass is 374 g/mol. The zero-order valence-electron chi connectivity index (χ0n) is 16.0. The first-order valence-corrected chi connectivity index (χ1v) is 9.28. The van der Waals surface area contributed by atoms with Gasteiger partial charge in [-0.2, -0.15) is 0 Å². The van der Waals surface area contributed by atoms with E-state index in [0.29, 0.717) is 23.5 Å². The van der Waals surface area contributed by atoms with Crippen LogP contribution in [0, 0.1) is 5.82 Å². The smallest absolute Gasteiger partial charge is 0.319 e. The van der Waals surface area contributed by atoms with Gasteiger partial charge in [0.15, 0.2) is 0 Å². The molecule has 0 bridgehead atoms. The maximum absolute atomic E-state index is 13.5. The Labute approximate surface area is 159 Å². The van der Waals surface area contributed by atoms with Crippen LogP contribution < -0.4 is 16.0 Å². The normalized spacial score (nSPS) is 11.7. The second-order valence-electron chi connectivity index (χ2n) is 6.47. The van der Waals surface area contributed by atoms with Crippen molar-refractivity contribution in [2.75, 3.05) is 11.9 Å². The summed E-state index contributed by atoms with van der Waals surface area (Å²) in [5.74, 6) is -0.654. The molecule has 1 atom stereocenters. The number of urea groups is 1. The molecule has 2 aromatic rings. The minimum Gasteiger partial charge on any atom is -0.349 e. The minimum atomic E-state index is -0.400. The highest BCUT2D eigenvalue weighted by Gasteiger charge is 2.18. The Morgan fingerprint density at radius 2 is 2.00 bits per heavy atom. The van der Waals surface area contributed by atoms with Crippen molar-refractivity contribution in [1.82, 2.24) is 15.2 Å². The Balaban J connectivity index is 2.29. The van der Waals surface area contributed by atoms with E-state index in [9.17, 15) is 14.0 Å². The fraction of sp³-hybridized carbons (Fsp3) is 0.400. The van der Waals surface area contributed by atoms with Crippen molar-refractivity contribution in [3.63, 3.8) is 0 Å². The third-order valence-electron chi connectivity index (χ3n) is 4.13. The molecule has 0 aliphatic heterocycles. The first kappa shape index (κ1) is 20.5. The number of benzene rings is 1. The first-order chi connectivity index (χ1) is 12.9. The number of halogens is 1. The van der Waals surface area contributed by atoms with Gasteiger partial charge in [0.25, 0.3) is 5.91 Å². The van der Waals surface area contributed by atoms with Gasteiger partial charge in [-0.15, -0.1) is 0 Å². The molecule has 0 radical (unpaired) electrons. The van der Waals surface area contributed by atoms with Crippen molar-refractivity contribution in [1.29, 1.82) is 0 Å². The zero-order valence-corrected chi connectivity index (χ0v) is 16.0. The Morgan fingerprint density at radius 3 is 2.67 bits per heavy atom. The number of aromatic nitrogens is 1. The average molecular weight is 374 g/mol. The van der Waals surface area contributed by atoms with Crippen LogP contribution in [-0.2, 0) is 0 Å². The lowest BCUT2D eigenvalue weighted by atomic mass is 10.1. The molecule has 1 aromatic heterocycles. The van der Waals surface area contributed by atoms with Crippen LogP contribution in [0.1, 0.15) is 50.4 Å². The lowest BCUT2D eigenvalue weighted by Gasteiger charge is -2.13. The van der Waals surface area contributed by atoms with Crippen LogP contribution in [0.4, 0.5) is 14.9 Å². The third kappa shape index (κ3) is 5.84. The van der Waals surface area contributed by atoms with Crippen LogP contribution in [0.3, 0.4) is 0 Å². The fourth-order valence-electron chi connectivity index (χ4n) is 2.73. The summed E-state index contributed by atoms with van der Waals surface area (Å²) in [5.41, 5.74) is 1.26. The number of unbranched alkanes of at least 4 members (excludes halogenated alkanes) is 1. The van der Waals surface area contributed by atoms with E-state index in [0.717, 1.165) is 19.3 Å². The zero-order chi connectivity index (χ0) is 19.8. The molecule has 2 rings (SSSR count). The van der Waals surface area contributed by atoms with Crippen molar-refractivity contribution in [2.45, 2.75) is 46.1 Å². The highest BCUT2D eigenvalue weighted by molar-refractivity contribution is 6.03. The predicted molar refractivity (Wildman–Crippen MR) is 105 cm³/mol. The Hall–Kier alpha value is -2.83. The molecule has 0 spiro atoms. The highest BCUT2D eigenvalue weighted by atomic mass is 19.1. The van der Waals surface area contributed by atoms with Crippen LogP contribution in [0.5, 0.6) is 0 Å². The number of hydrogen-bond acceptors (Lipinski definition) is 2. The fourth-order valence-corrected chi connectivity index (χ4v) is 2.73. The summed E-state index contributed by atoms with van der Waals surface area (Å²) in [4.78, 5) is 24.6. The van der Waals surface area contributed by atoms with Crippen molar-refractivity contribution < 1.29 is 14.0 Å². The lowest BCUT2D eigenvalue weighted by Crippen LogP contribution is -2.33. The third-order valence-corrected chi connectivity index (χ3v) is 4.13. The standard InChI is InChI=1S/C20H27FN4O2/c1-4-6-8-14(3)23-19(26)17-12-25(16-10-7-9-15(21)11-16)13-18(17)24-20(27)22-5-2/h7,9-14H,4-6,8H2,1-3H3,(H,23,26)(H2,22,24,27)/t14-/m1/s1. The summed E-state index contributed by atoms with van der Waals surface area (Å²) in [5, 5.41) is 8.28. The molecule has 1 aromatic carbocycles. The molecule has 0 saturated carbocycles. The molecule has 0 aliphatic rings. The van der Waals surface area contributed by atoms with E-state index in [4.69, 9.17) is 0 Å². The molecule has 6 nitrogen and oxygen atoms in total. The van der Waals surface area contributed by atoms with E-state index >= 15 is 0 Å². The molecule has 27 heavy (non-hydrogen) atoms. The summed E-state index contributed by atoms with van der Waals surface area (Å²) in [6.45, 7) is 6.32. The Kier molecular flexibility index (Phi) is 7.40. The van der Waals surface area contributed by atoms with Crippen molar-refractivity contribution >= 4 is 17.6 Å². The molecular weight excluding hydrogens is 347 g/mol. The molecule has 146 valence electrons. The van der Waals surface area contributed by atoms with E-state index < -0.39 is 6.03 Å². The number of nitrogens with zero attached hydrogens (tertiary/aromatic N) is 1. The van der Waals surface area contributed by atoms with E-state index in [2.05, 4.69) is 22.9 Å². The van der Waals surface area contributed by atoms with Gasteiger partial charge in [-0.3, -0.25) is 4.79 Å². The Bertz CT molecular complexity index is 788. The van der Waals surface area contributed by atoms with Gasteiger partial charge >= 0.3 is 6.03 Å². The summed E-state index contributed by atoms with van der Waals surface area (Å²) in [6.07, 6.45) is 6.16. The van der Waals surface area contributed by atoms with Gasteiger partial charge in [-0.05, 0) is 38.5 Å². The van der Waals surface area contributed by atoms with Crippen LogP contribution in [0.25, 0.3) is 5.69 Å². The maximum atomic E-state index is 13.5. The molecule has 3 amide bonds. The summed E-state index contributed by atoms with van der Waals surface area (Å²) >= 11 is 0. The second kappa shape index (κ2) is 9.75. The van der Waals surface area contributed by atoms with Gasteiger partial charge in [0.2, 0.25) is 0 Å². The van der Waals surface area contributed by atoms with Gasteiger partial charge in [-0.1, -0.05) is 25.8 Å². The number of nitrogens with one attached hydrogen (secondary N) is 3. The summed E-state index contributed by atoms with van der Waals surface area (Å²) in [7, 11) is 0. The molecule has 0 saturated heterocycles. The molecule has 3 N–H and O–H groups in total. The van der Waals surface area contributed by atoms with E-state index in [1.165, 1.54) is 12.1 Å². The van der Waals surface area contributed by atoms with Gasteiger partial charge in [0.05, 0.1) is 11.3 Å². The van der Waals surface area contributed by atoms with E-state index in [1.807, 2.05) is 6.92 Å². The molecule has 1 heterocycles. The summed E-state index contributed by atoms with van der Waals surface area (Å²) in [6, 6.07) is 5.65. The van der Waals surface area contributed by atoms with Crippen molar-refractivity contribution in [3.05, 3.63) is 48.0 Å². The van der Waals surface area contributed by atoms with Crippen LogP contribution >= 0.6 is 0 Å². The van der Waals surface area contributed by atoms with Gasteiger partial charge in [0, 0.05) is 30.7 Å². The quantitative estimate of drug-likeness (QED) is 0.652. The number of rotatable bonds is 8. The van der Waals surface area contributed by atoms with E-state index in [1.54, 1.807) is 36.0 Å². The largest absolute Gasteiger partial charge is 0.349 e. The van der Waals surface area contributed by atoms with E-state index in [-0.39, 0.29) is 17.8 Å². The highest BCUT2D eigenvalue weighted by Crippen LogP contribution is 2.22. The van der Waals surface area contributed by atoms with Gasteiger partial charge in [0.1, 0.15) is 5.82 Å². The maximum Gasteiger partial charge on any atom is 0.319 e. The number of amides is 3. The first-order valence-electron chi connectivity index (χ1n) is 9.28. The van der Waals surface area contributed by atoms with Crippen LogP contribution in [0.15, 0.2) is 36.7 Å². The lowest BCUT2D eigenvalue weighted by molar-refractivity contribution is 0.0939. The molecule has 0 aliphatic carbocycles. The van der Waals surface area contributed by atoms with Crippen molar-refractivity contribution in [2.24, 2.45) is 0 Å². The second-order valence-corrected chi connectivity index (χ2v) is 6.47. The number of anilines is 1. The number of carbonyl (C=O) groups excluding carboxylic acids is 2. The number of hydrogen-bond donors (Lipinski definition) is 3. The van der Waals surface area contributed by atoms with Gasteiger partial charge in [-0.25, -0.2) is 9.18 Å². The number of carbonyl (C=O) groups is 2. The minimum absolute atomic E-state index is 0.0206. The molecular formula is C20H27FN4O2.